The van der Waals surface area contributed by atoms with Gasteiger partial charge in [0.1, 0.15) is 0 Å². The van der Waals surface area contributed by atoms with Gasteiger partial charge in [-0.15, -0.1) is 0 Å². The maximum atomic E-state index is 3.55. The lowest BCUT2D eigenvalue weighted by atomic mass is 10.0. The normalized spacial score (nSPS) is 12.7. The summed E-state index contributed by atoms with van der Waals surface area (Å²) in [4.78, 5) is 0. The van der Waals surface area contributed by atoms with Crippen LogP contribution in [-0.4, -0.2) is 18.1 Å². The van der Waals surface area contributed by atoms with E-state index in [0.717, 1.165) is 12.3 Å². The molecule has 0 aliphatic heterocycles. The van der Waals surface area contributed by atoms with E-state index in [2.05, 4.69) is 50.4 Å². The molecule has 0 spiro atoms. The number of nitrogens with one attached hydrogen (secondary N) is 1. The number of benzene rings is 1. The van der Waals surface area contributed by atoms with Crippen LogP contribution in [0.2, 0.25) is 0 Å². The van der Waals surface area contributed by atoms with E-state index >= 15 is 0 Å². The largest absolute Gasteiger partial charge is 0.310 e. The smallest absolute Gasteiger partial charge is 0.0414 e. The van der Waals surface area contributed by atoms with Crippen molar-refractivity contribution in [3.63, 3.8) is 0 Å². The van der Waals surface area contributed by atoms with Crippen LogP contribution >= 0.6 is 11.8 Å². The Balaban J connectivity index is 2.74. The lowest BCUT2D eigenvalue weighted by Crippen LogP contribution is -2.23. The standard InChI is InChI=1S/C13H21NS/c1-4-14-13(10-15-5-2)12-9-7-6-8-11(12)3/h6-9,13-14H,4-5,10H2,1-3H3. The Morgan fingerprint density at radius 3 is 2.60 bits per heavy atom. The molecular weight excluding hydrogens is 202 g/mol. The van der Waals surface area contributed by atoms with Crippen LogP contribution in [0.25, 0.3) is 0 Å². The van der Waals surface area contributed by atoms with Gasteiger partial charge in [-0.05, 0) is 30.3 Å². The zero-order chi connectivity index (χ0) is 11.1. The minimum Gasteiger partial charge on any atom is -0.310 e. The highest BCUT2D eigenvalue weighted by Gasteiger charge is 2.11. The fourth-order valence-corrected chi connectivity index (χ4v) is 2.49. The first-order valence-corrected chi connectivity index (χ1v) is 6.81. The highest BCUT2D eigenvalue weighted by Crippen LogP contribution is 2.21. The van der Waals surface area contributed by atoms with Crippen molar-refractivity contribution in [3.05, 3.63) is 35.4 Å². The molecule has 0 radical (unpaired) electrons. The van der Waals surface area contributed by atoms with Crippen LogP contribution in [0.4, 0.5) is 0 Å². The van der Waals surface area contributed by atoms with Crippen molar-refractivity contribution in [2.24, 2.45) is 0 Å². The first-order chi connectivity index (χ1) is 7.29. The molecular formula is C13H21NS. The number of thioether (sulfide) groups is 1. The fraction of sp³-hybridized carbons (Fsp3) is 0.538. The number of hydrogen-bond acceptors (Lipinski definition) is 2. The molecule has 84 valence electrons. The van der Waals surface area contributed by atoms with Crippen molar-refractivity contribution in [3.8, 4) is 0 Å². The van der Waals surface area contributed by atoms with E-state index in [1.807, 2.05) is 11.8 Å². The van der Waals surface area contributed by atoms with Crippen molar-refractivity contribution < 1.29 is 0 Å². The van der Waals surface area contributed by atoms with Gasteiger partial charge in [0.2, 0.25) is 0 Å². The molecule has 0 amide bonds. The first kappa shape index (κ1) is 12.6. The van der Waals surface area contributed by atoms with Crippen LogP contribution in [0.5, 0.6) is 0 Å². The predicted molar refractivity (Wildman–Crippen MR) is 70.6 cm³/mol. The third kappa shape index (κ3) is 3.88. The van der Waals surface area contributed by atoms with Crippen LogP contribution in [0.15, 0.2) is 24.3 Å². The average Bonchev–Trinajstić information content (AvgIpc) is 2.25. The maximum absolute atomic E-state index is 3.55. The summed E-state index contributed by atoms with van der Waals surface area (Å²) in [6, 6.07) is 9.16. The number of hydrogen-bond donors (Lipinski definition) is 1. The first-order valence-electron chi connectivity index (χ1n) is 5.66. The summed E-state index contributed by atoms with van der Waals surface area (Å²) in [5, 5.41) is 3.55. The average molecular weight is 223 g/mol. The summed E-state index contributed by atoms with van der Waals surface area (Å²) in [7, 11) is 0. The third-order valence-corrected chi connectivity index (χ3v) is 3.48. The molecule has 0 saturated heterocycles. The summed E-state index contributed by atoms with van der Waals surface area (Å²) in [6.07, 6.45) is 0. The molecule has 0 bridgehead atoms. The van der Waals surface area contributed by atoms with E-state index in [9.17, 15) is 0 Å². The van der Waals surface area contributed by atoms with Crippen LogP contribution in [0.1, 0.15) is 31.0 Å². The Hall–Kier alpha value is -0.470. The van der Waals surface area contributed by atoms with Crippen molar-refractivity contribution in [2.75, 3.05) is 18.1 Å². The van der Waals surface area contributed by atoms with E-state index in [1.165, 1.54) is 16.9 Å². The molecule has 0 saturated carbocycles. The van der Waals surface area contributed by atoms with Crippen molar-refractivity contribution >= 4 is 11.8 Å². The predicted octanol–water partition coefficient (Wildman–Crippen LogP) is 3.40. The Labute approximate surface area is 97.7 Å². The van der Waals surface area contributed by atoms with Gasteiger partial charge in [0.25, 0.3) is 0 Å². The van der Waals surface area contributed by atoms with E-state index in [-0.39, 0.29) is 0 Å². The highest BCUT2D eigenvalue weighted by molar-refractivity contribution is 7.99. The zero-order valence-electron chi connectivity index (χ0n) is 9.92. The van der Waals surface area contributed by atoms with Crippen LogP contribution in [0.3, 0.4) is 0 Å². The molecule has 0 aliphatic carbocycles. The maximum Gasteiger partial charge on any atom is 0.0414 e. The Morgan fingerprint density at radius 2 is 2.00 bits per heavy atom. The second kappa shape index (κ2) is 6.91. The van der Waals surface area contributed by atoms with Crippen LogP contribution < -0.4 is 5.32 Å². The molecule has 2 heteroatoms. The van der Waals surface area contributed by atoms with Gasteiger partial charge in [-0.25, -0.2) is 0 Å². The molecule has 1 atom stereocenters. The SMILES string of the molecule is CCNC(CSCC)c1ccccc1C. The molecule has 15 heavy (non-hydrogen) atoms. The van der Waals surface area contributed by atoms with Crippen molar-refractivity contribution in [1.29, 1.82) is 0 Å². The van der Waals surface area contributed by atoms with Gasteiger partial charge in [-0.2, -0.15) is 11.8 Å². The van der Waals surface area contributed by atoms with Crippen molar-refractivity contribution in [2.45, 2.75) is 26.8 Å². The second-order valence-corrected chi connectivity index (χ2v) is 4.95. The monoisotopic (exact) mass is 223 g/mol. The zero-order valence-corrected chi connectivity index (χ0v) is 10.7. The van der Waals surface area contributed by atoms with Crippen molar-refractivity contribution in [1.82, 2.24) is 5.32 Å². The van der Waals surface area contributed by atoms with Gasteiger partial charge in [0.05, 0.1) is 0 Å². The Kier molecular flexibility index (Phi) is 5.81. The number of rotatable bonds is 6. The molecule has 1 unspecified atom stereocenters. The summed E-state index contributed by atoms with van der Waals surface area (Å²) < 4.78 is 0. The molecule has 1 aromatic carbocycles. The molecule has 1 N–H and O–H groups in total. The molecule has 1 aromatic rings. The molecule has 0 heterocycles. The van der Waals surface area contributed by atoms with E-state index in [0.29, 0.717) is 6.04 Å². The van der Waals surface area contributed by atoms with Gasteiger partial charge >= 0.3 is 0 Å². The minimum atomic E-state index is 0.501. The second-order valence-electron chi connectivity index (χ2n) is 3.63. The van der Waals surface area contributed by atoms with Gasteiger partial charge < -0.3 is 5.32 Å². The molecule has 0 aromatic heterocycles. The van der Waals surface area contributed by atoms with E-state index in [1.54, 1.807) is 0 Å². The lowest BCUT2D eigenvalue weighted by molar-refractivity contribution is 0.603. The summed E-state index contributed by atoms with van der Waals surface area (Å²) in [5.41, 5.74) is 2.83. The van der Waals surface area contributed by atoms with E-state index in [4.69, 9.17) is 0 Å². The molecule has 1 nitrogen and oxygen atoms in total. The van der Waals surface area contributed by atoms with Gasteiger partial charge in [-0.3, -0.25) is 0 Å². The van der Waals surface area contributed by atoms with Gasteiger partial charge in [-0.1, -0.05) is 38.1 Å². The van der Waals surface area contributed by atoms with Crippen LogP contribution in [-0.2, 0) is 0 Å². The van der Waals surface area contributed by atoms with Gasteiger partial charge in [0, 0.05) is 11.8 Å². The van der Waals surface area contributed by atoms with Crippen LogP contribution in [0, 0.1) is 6.92 Å². The summed E-state index contributed by atoms with van der Waals surface area (Å²) in [6.45, 7) is 7.60. The fourth-order valence-electron chi connectivity index (χ4n) is 1.72. The quantitative estimate of drug-likeness (QED) is 0.793. The lowest BCUT2D eigenvalue weighted by Gasteiger charge is -2.19. The summed E-state index contributed by atoms with van der Waals surface area (Å²) >= 11 is 2.00. The molecule has 0 aliphatic rings. The summed E-state index contributed by atoms with van der Waals surface area (Å²) in [5.74, 6) is 2.35. The van der Waals surface area contributed by atoms with Gasteiger partial charge in [0.15, 0.2) is 0 Å². The number of aryl methyl sites for hydroxylation is 1. The highest BCUT2D eigenvalue weighted by atomic mass is 32.2. The third-order valence-electron chi connectivity index (χ3n) is 2.50. The molecule has 1 rings (SSSR count). The van der Waals surface area contributed by atoms with E-state index < -0.39 is 0 Å². The Morgan fingerprint density at radius 1 is 1.27 bits per heavy atom. The molecule has 0 fully saturated rings. The Bertz CT molecular complexity index is 286. The topological polar surface area (TPSA) is 12.0 Å². The minimum absolute atomic E-state index is 0.501.